The van der Waals surface area contributed by atoms with Gasteiger partial charge in [0.2, 0.25) is 0 Å². The summed E-state index contributed by atoms with van der Waals surface area (Å²) in [5, 5.41) is 0. The lowest BCUT2D eigenvalue weighted by Gasteiger charge is -2.27. The molecule has 0 heterocycles. The zero-order valence-electron chi connectivity index (χ0n) is 18.7. The molecule has 1 aliphatic carbocycles. The molecule has 3 aromatic carbocycles. The van der Waals surface area contributed by atoms with Crippen LogP contribution in [0, 0.1) is 5.92 Å². The number of hydrogen-bond acceptors (Lipinski definition) is 0. The molecule has 0 saturated heterocycles. The van der Waals surface area contributed by atoms with Crippen LogP contribution in [0.2, 0.25) is 0 Å². The van der Waals surface area contributed by atoms with Crippen LogP contribution in [0.15, 0.2) is 120 Å². The lowest BCUT2D eigenvalue weighted by molar-refractivity contribution is 0.699. The SMILES string of the molecule is C/C(=C(C1=CC=CCC1C)\C(=C(/C)c1ccccc1)c1ccccc1)c1ccccc1. The Labute approximate surface area is 187 Å². The Morgan fingerprint density at radius 2 is 1.06 bits per heavy atom. The van der Waals surface area contributed by atoms with Gasteiger partial charge in [0.05, 0.1) is 0 Å². The Bertz CT molecular complexity index is 1140. The number of hydrogen-bond donors (Lipinski definition) is 0. The van der Waals surface area contributed by atoms with Crippen molar-refractivity contribution in [3.8, 4) is 0 Å². The highest BCUT2D eigenvalue weighted by Crippen LogP contribution is 2.43. The van der Waals surface area contributed by atoms with Crippen molar-refractivity contribution in [2.75, 3.05) is 0 Å². The highest BCUT2D eigenvalue weighted by atomic mass is 14.3. The number of rotatable bonds is 5. The second-order valence-corrected chi connectivity index (χ2v) is 8.28. The molecule has 1 atom stereocenters. The smallest absolute Gasteiger partial charge is 0.00704 e. The van der Waals surface area contributed by atoms with Gasteiger partial charge in [0.15, 0.2) is 0 Å². The summed E-state index contributed by atoms with van der Waals surface area (Å²) in [7, 11) is 0. The minimum Gasteiger partial charge on any atom is -0.0839 e. The highest BCUT2D eigenvalue weighted by Gasteiger charge is 2.23. The van der Waals surface area contributed by atoms with Gasteiger partial charge in [-0.1, -0.05) is 116 Å². The third-order valence-corrected chi connectivity index (χ3v) is 6.20. The predicted octanol–water partition coefficient (Wildman–Crippen LogP) is 8.61. The Balaban J connectivity index is 2.07. The topological polar surface area (TPSA) is 0 Å². The van der Waals surface area contributed by atoms with Crippen LogP contribution in [0.3, 0.4) is 0 Å². The molecule has 0 amide bonds. The van der Waals surface area contributed by atoms with E-state index >= 15 is 0 Å². The molecule has 0 N–H and O–H groups in total. The van der Waals surface area contributed by atoms with Gasteiger partial charge in [0, 0.05) is 0 Å². The van der Waals surface area contributed by atoms with E-state index in [1.807, 2.05) is 0 Å². The summed E-state index contributed by atoms with van der Waals surface area (Å²) in [5.74, 6) is 0.473. The highest BCUT2D eigenvalue weighted by molar-refractivity contribution is 6.04. The Hall–Kier alpha value is -3.38. The first-order valence-corrected chi connectivity index (χ1v) is 11.1. The Morgan fingerprint density at radius 1 is 0.613 bits per heavy atom. The summed E-state index contributed by atoms with van der Waals surface area (Å²) >= 11 is 0. The first-order valence-electron chi connectivity index (χ1n) is 11.1. The van der Waals surface area contributed by atoms with Gasteiger partial charge in [0.25, 0.3) is 0 Å². The van der Waals surface area contributed by atoms with E-state index in [0.717, 1.165) is 6.42 Å². The zero-order chi connectivity index (χ0) is 21.6. The van der Waals surface area contributed by atoms with Gasteiger partial charge in [-0.2, -0.15) is 0 Å². The molecule has 0 spiro atoms. The monoisotopic (exact) mass is 402 g/mol. The van der Waals surface area contributed by atoms with Crippen molar-refractivity contribution in [1.82, 2.24) is 0 Å². The Morgan fingerprint density at radius 3 is 1.55 bits per heavy atom. The van der Waals surface area contributed by atoms with Crippen molar-refractivity contribution in [1.29, 1.82) is 0 Å². The van der Waals surface area contributed by atoms with E-state index in [9.17, 15) is 0 Å². The van der Waals surface area contributed by atoms with Crippen LogP contribution in [0.25, 0.3) is 16.7 Å². The largest absolute Gasteiger partial charge is 0.0839 e. The number of benzene rings is 3. The van der Waals surface area contributed by atoms with Crippen LogP contribution in [0.4, 0.5) is 0 Å². The molecule has 0 aromatic heterocycles. The summed E-state index contributed by atoms with van der Waals surface area (Å²) < 4.78 is 0. The molecule has 0 saturated carbocycles. The van der Waals surface area contributed by atoms with E-state index in [2.05, 4.69) is 130 Å². The van der Waals surface area contributed by atoms with Gasteiger partial charge < -0.3 is 0 Å². The molecule has 0 heteroatoms. The van der Waals surface area contributed by atoms with Gasteiger partial charge in [0.1, 0.15) is 0 Å². The van der Waals surface area contributed by atoms with Crippen LogP contribution < -0.4 is 0 Å². The molecule has 0 radical (unpaired) electrons. The minimum atomic E-state index is 0.473. The summed E-state index contributed by atoms with van der Waals surface area (Å²) in [6.07, 6.45) is 7.88. The summed E-state index contributed by atoms with van der Waals surface area (Å²) in [5.41, 5.74) is 10.5. The average molecular weight is 403 g/mol. The minimum absolute atomic E-state index is 0.473. The molecule has 3 aromatic rings. The fourth-order valence-electron chi connectivity index (χ4n) is 4.44. The van der Waals surface area contributed by atoms with E-state index in [4.69, 9.17) is 0 Å². The molecular formula is C31H30. The second kappa shape index (κ2) is 9.62. The first-order chi connectivity index (χ1) is 15.2. The van der Waals surface area contributed by atoms with E-state index in [0.29, 0.717) is 5.92 Å². The fraction of sp³-hybridized carbons (Fsp3) is 0.161. The quantitative estimate of drug-likeness (QED) is 0.296. The van der Waals surface area contributed by atoms with Crippen LogP contribution in [0.5, 0.6) is 0 Å². The van der Waals surface area contributed by atoms with Gasteiger partial charge in [-0.05, 0) is 70.7 Å². The van der Waals surface area contributed by atoms with Crippen LogP contribution in [-0.2, 0) is 0 Å². The van der Waals surface area contributed by atoms with Crippen molar-refractivity contribution in [2.45, 2.75) is 27.2 Å². The first kappa shape index (κ1) is 20.9. The van der Waals surface area contributed by atoms with Crippen molar-refractivity contribution in [3.63, 3.8) is 0 Å². The zero-order valence-corrected chi connectivity index (χ0v) is 18.7. The molecule has 0 nitrogen and oxygen atoms in total. The van der Waals surface area contributed by atoms with Crippen molar-refractivity contribution in [3.05, 3.63) is 137 Å². The summed E-state index contributed by atoms with van der Waals surface area (Å²) in [6.45, 7) is 6.88. The van der Waals surface area contributed by atoms with E-state index in [-0.39, 0.29) is 0 Å². The summed E-state index contributed by atoms with van der Waals surface area (Å²) in [6, 6.07) is 32.4. The molecule has 4 rings (SSSR count). The van der Waals surface area contributed by atoms with Crippen LogP contribution in [0.1, 0.15) is 43.9 Å². The Kier molecular flexibility index (Phi) is 6.48. The van der Waals surface area contributed by atoms with E-state index < -0.39 is 0 Å². The molecule has 0 fully saturated rings. The molecular weight excluding hydrogens is 372 g/mol. The third kappa shape index (κ3) is 4.54. The van der Waals surface area contributed by atoms with Gasteiger partial charge >= 0.3 is 0 Å². The lowest BCUT2D eigenvalue weighted by atomic mass is 9.77. The standard InChI is InChI=1S/C31H30/c1-23-15-13-14-22-29(23)31(25(3)27-18-9-5-10-19-27)30(28-20-11-6-12-21-28)24(2)26-16-7-4-8-17-26/h4-14,16-23H,15H2,1-3H3/b30-24+,31-25+. The molecule has 31 heavy (non-hydrogen) atoms. The van der Waals surface area contributed by atoms with Crippen LogP contribution >= 0.6 is 0 Å². The molecule has 0 bridgehead atoms. The van der Waals surface area contributed by atoms with Crippen molar-refractivity contribution >= 4 is 16.7 Å². The van der Waals surface area contributed by atoms with Crippen molar-refractivity contribution in [2.24, 2.45) is 5.92 Å². The number of allylic oxidation sites excluding steroid dienone is 8. The maximum atomic E-state index is 2.34. The van der Waals surface area contributed by atoms with E-state index in [1.54, 1.807) is 0 Å². The molecule has 1 unspecified atom stereocenters. The maximum absolute atomic E-state index is 2.34. The summed E-state index contributed by atoms with van der Waals surface area (Å²) in [4.78, 5) is 0. The van der Waals surface area contributed by atoms with Gasteiger partial charge in [-0.3, -0.25) is 0 Å². The van der Waals surface area contributed by atoms with E-state index in [1.165, 1.54) is 44.6 Å². The second-order valence-electron chi connectivity index (χ2n) is 8.28. The molecule has 154 valence electrons. The normalized spacial score (nSPS) is 17.5. The average Bonchev–Trinajstić information content (AvgIpc) is 2.84. The molecule has 1 aliphatic rings. The third-order valence-electron chi connectivity index (χ3n) is 6.20. The predicted molar refractivity (Wildman–Crippen MR) is 135 cm³/mol. The lowest BCUT2D eigenvalue weighted by Crippen LogP contribution is -2.09. The maximum Gasteiger partial charge on any atom is -0.00704 e. The van der Waals surface area contributed by atoms with Gasteiger partial charge in [-0.25, -0.2) is 0 Å². The fourth-order valence-corrected chi connectivity index (χ4v) is 4.44. The van der Waals surface area contributed by atoms with Gasteiger partial charge in [-0.15, -0.1) is 0 Å². The molecule has 0 aliphatic heterocycles. The van der Waals surface area contributed by atoms with Crippen molar-refractivity contribution < 1.29 is 0 Å². The van der Waals surface area contributed by atoms with Crippen LogP contribution in [-0.4, -0.2) is 0 Å².